The second-order valence-corrected chi connectivity index (χ2v) is 7.73. The van der Waals surface area contributed by atoms with Gasteiger partial charge in [-0.25, -0.2) is 9.98 Å². The Balaban J connectivity index is 0.00000364. The van der Waals surface area contributed by atoms with E-state index in [9.17, 15) is 0 Å². The van der Waals surface area contributed by atoms with Crippen molar-refractivity contribution in [2.45, 2.75) is 53.4 Å². The van der Waals surface area contributed by atoms with Gasteiger partial charge in [0, 0.05) is 30.6 Å². The number of ether oxygens (including phenoxy) is 1. The lowest BCUT2D eigenvalue weighted by atomic mass is 10.1. The van der Waals surface area contributed by atoms with E-state index in [0.29, 0.717) is 13.2 Å². The Morgan fingerprint density at radius 3 is 2.48 bits per heavy atom. The zero-order valence-corrected chi connectivity index (χ0v) is 19.8. The standard InChI is InChI=1S/C20H30N4OS.HI/c1-5-21-20(22-11-10-19-23-12-16(4)26-19)24-13-17-6-8-18(9-7-17)14-25-15(2)3;/h6-9,12,15H,5,10-11,13-14H2,1-4H3,(H2,21,22,24);1H. The summed E-state index contributed by atoms with van der Waals surface area (Å²) in [5.74, 6) is 0.841. The third-order valence-corrected chi connectivity index (χ3v) is 4.64. The Kier molecular flexibility index (Phi) is 11.5. The van der Waals surface area contributed by atoms with E-state index in [1.165, 1.54) is 16.0 Å². The van der Waals surface area contributed by atoms with Crippen molar-refractivity contribution in [1.82, 2.24) is 15.6 Å². The van der Waals surface area contributed by atoms with Crippen LogP contribution in [0, 0.1) is 6.92 Å². The van der Waals surface area contributed by atoms with Crippen molar-refractivity contribution in [1.29, 1.82) is 0 Å². The lowest BCUT2D eigenvalue weighted by Crippen LogP contribution is -2.38. The molecule has 0 amide bonds. The Morgan fingerprint density at radius 2 is 1.89 bits per heavy atom. The van der Waals surface area contributed by atoms with Crippen LogP contribution in [0.2, 0.25) is 0 Å². The maximum Gasteiger partial charge on any atom is 0.191 e. The second kappa shape index (κ2) is 13.1. The molecule has 0 unspecified atom stereocenters. The summed E-state index contributed by atoms with van der Waals surface area (Å²) in [5, 5.41) is 7.83. The molecule has 27 heavy (non-hydrogen) atoms. The summed E-state index contributed by atoms with van der Waals surface area (Å²) in [4.78, 5) is 10.3. The van der Waals surface area contributed by atoms with Crippen LogP contribution in [0.1, 0.15) is 41.8 Å². The van der Waals surface area contributed by atoms with Crippen molar-refractivity contribution in [3.63, 3.8) is 0 Å². The zero-order chi connectivity index (χ0) is 18.8. The van der Waals surface area contributed by atoms with Crippen molar-refractivity contribution >= 4 is 41.3 Å². The highest BCUT2D eigenvalue weighted by atomic mass is 127. The van der Waals surface area contributed by atoms with Gasteiger partial charge in [-0.3, -0.25) is 0 Å². The summed E-state index contributed by atoms with van der Waals surface area (Å²) in [6, 6.07) is 8.45. The first-order chi connectivity index (χ1) is 12.6. The molecule has 2 rings (SSSR count). The van der Waals surface area contributed by atoms with Crippen molar-refractivity contribution in [2.24, 2.45) is 4.99 Å². The third-order valence-electron chi connectivity index (χ3n) is 3.67. The summed E-state index contributed by atoms with van der Waals surface area (Å²) >= 11 is 1.75. The van der Waals surface area contributed by atoms with Crippen LogP contribution in [0.15, 0.2) is 35.5 Å². The van der Waals surface area contributed by atoms with Gasteiger partial charge in [-0.05, 0) is 38.8 Å². The molecule has 0 fully saturated rings. The molecule has 0 aliphatic rings. The molecule has 0 bridgehead atoms. The highest BCUT2D eigenvalue weighted by molar-refractivity contribution is 14.0. The number of aryl methyl sites for hydroxylation is 1. The lowest BCUT2D eigenvalue weighted by Gasteiger charge is -2.11. The first-order valence-electron chi connectivity index (χ1n) is 9.19. The largest absolute Gasteiger partial charge is 0.374 e. The van der Waals surface area contributed by atoms with Crippen molar-refractivity contribution in [3.05, 3.63) is 51.5 Å². The number of benzene rings is 1. The van der Waals surface area contributed by atoms with Gasteiger partial charge in [0.2, 0.25) is 0 Å². The molecular weight excluding hydrogens is 471 g/mol. The number of nitrogens with zero attached hydrogens (tertiary/aromatic N) is 2. The molecule has 0 spiro atoms. The number of halogens is 1. The molecule has 2 N–H and O–H groups in total. The van der Waals surface area contributed by atoms with Crippen molar-refractivity contribution in [2.75, 3.05) is 13.1 Å². The molecule has 7 heteroatoms. The maximum atomic E-state index is 5.63. The van der Waals surface area contributed by atoms with Crippen LogP contribution in [0.25, 0.3) is 0 Å². The molecule has 1 heterocycles. The minimum absolute atomic E-state index is 0. The SMILES string of the molecule is CCNC(=NCc1ccc(COC(C)C)cc1)NCCc1ncc(C)s1.I. The van der Waals surface area contributed by atoms with Crippen molar-refractivity contribution < 1.29 is 4.74 Å². The monoisotopic (exact) mass is 502 g/mol. The van der Waals surface area contributed by atoms with Gasteiger partial charge in [0.15, 0.2) is 5.96 Å². The summed E-state index contributed by atoms with van der Waals surface area (Å²) in [5.41, 5.74) is 2.38. The fourth-order valence-corrected chi connectivity index (χ4v) is 3.11. The molecule has 1 aromatic carbocycles. The van der Waals surface area contributed by atoms with Crippen LogP contribution in [0.4, 0.5) is 0 Å². The summed E-state index contributed by atoms with van der Waals surface area (Å²) in [7, 11) is 0. The molecule has 0 radical (unpaired) electrons. The van der Waals surface area contributed by atoms with Gasteiger partial charge >= 0.3 is 0 Å². The normalized spacial score (nSPS) is 11.4. The zero-order valence-electron chi connectivity index (χ0n) is 16.6. The summed E-state index contributed by atoms with van der Waals surface area (Å²) in [6.07, 6.45) is 3.09. The second-order valence-electron chi connectivity index (χ2n) is 6.41. The molecule has 0 saturated carbocycles. The lowest BCUT2D eigenvalue weighted by molar-refractivity contribution is 0.0657. The van der Waals surface area contributed by atoms with Crippen LogP contribution in [-0.4, -0.2) is 30.1 Å². The predicted octanol–water partition coefficient (Wildman–Crippen LogP) is 4.29. The Morgan fingerprint density at radius 1 is 1.19 bits per heavy atom. The smallest absolute Gasteiger partial charge is 0.191 e. The van der Waals surface area contributed by atoms with Gasteiger partial charge in [-0.15, -0.1) is 35.3 Å². The average molecular weight is 502 g/mol. The fourth-order valence-electron chi connectivity index (χ4n) is 2.32. The van der Waals surface area contributed by atoms with Gasteiger partial charge in [0.05, 0.1) is 24.3 Å². The average Bonchev–Trinajstić information content (AvgIpc) is 3.04. The van der Waals surface area contributed by atoms with Gasteiger partial charge in [-0.2, -0.15) is 0 Å². The maximum absolute atomic E-state index is 5.63. The molecule has 0 atom stereocenters. The van der Waals surface area contributed by atoms with Crippen LogP contribution in [-0.2, 0) is 24.3 Å². The van der Waals surface area contributed by atoms with E-state index in [0.717, 1.165) is 30.5 Å². The molecule has 0 aliphatic heterocycles. The molecular formula is C20H31IN4OS. The molecule has 0 aliphatic carbocycles. The number of nitrogens with one attached hydrogen (secondary N) is 2. The molecule has 0 saturated heterocycles. The van der Waals surface area contributed by atoms with E-state index in [-0.39, 0.29) is 30.1 Å². The highest BCUT2D eigenvalue weighted by Crippen LogP contribution is 2.11. The number of hydrogen-bond acceptors (Lipinski definition) is 4. The van der Waals surface area contributed by atoms with Gasteiger partial charge in [0.25, 0.3) is 0 Å². The van der Waals surface area contributed by atoms with E-state index in [4.69, 9.17) is 4.74 Å². The Labute approximate surface area is 184 Å². The van der Waals surface area contributed by atoms with Gasteiger partial charge < -0.3 is 15.4 Å². The van der Waals surface area contributed by atoms with Crippen molar-refractivity contribution in [3.8, 4) is 0 Å². The number of guanidine groups is 1. The van der Waals surface area contributed by atoms with Crippen LogP contribution in [0.5, 0.6) is 0 Å². The fraction of sp³-hybridized carbons (Fsp3) is 0.500. The Bertz CT molecular complexity index is 686. The van der Waals surface area contributed by atoms with Gasteiger partial charge in [-0.1, -0.05) is 24.3 Å². The number of rotatable bonds is 9. The number of thiazole rings is 1. The van der Waals surface area contributed by atoms with E-state index < -0.39 is 0 Å². The third kappa shape index (κ3) is 9.53. The number of aliphatic imine (C=N–C) groups is 1. The predicted molar refractivity (Wildman–Crippen MR) is 125 cm³/mol. The first kappa shape index (κ1) is 23.8. The molecule has 1 aromatic heterocycles. The van der Waals surface area contributed by atoms with E-state index in [1.807, 2.05) is 20.0 Å². The first-order valence-corrected chi connectivity index (χ1v) is 10.0. The topological polar surface area (TPSA) is 58.5 Å². The van der Waals surface area contributed by atoms with Gasteiger partial charge in [0.1, 0.15) is 0 Å². The van der Waals surface area contributed by atoms with Crippen LogP contribution < -0.4 is 10.6 Å². The number of aromatic nitrogens is 1. The summed E-state index contributed by atoms with van der Waals surface area (Å²) < 4.78 is 5.63. The van der Waals surface area contributed by atoms with E-state index in [2.05, 4.69) is 58.7 Å². The van der Waals surface area contributed by atoms with Crippen LogP contribution >= 0.6 is 35.3 Å². The quantitative estimate of drug-likeness (QED) is 0.305. The molecule has 150 valence electrons. The minimum atomic E-state index is 0. The minimum Gasteiger partial charge on any atom is -0.374 e. The Hall–Kier alpha value is -1.19. The van der Waals surface area contributed by atoms with Crippen LogP contribution in [0.3, 0.4) is 0 Å². The van der Waals surface area contributed by atoms with E-state index >= 15 is 0 Å². The molecule has 2 aromatic rings. The number of hydrogen-bond donors (Lipinski definition) is 2. The van der Waals surface area contributed by atoms with E-state index in [1.54, 1.807) is 11.3 Å². The summed E-state index contributed by atoms with van der Waals surface area (Å²) in [6.45, 7) is 11.2. The molecule has 5 nitrogen and oxygen atoms in total. The highest BCUT2D eigenvalue weighted by Gasteiger charge is 2.02.